The molecule has 0 radical (unpaired) electrons. The summed E-state index contributed by atoms with van der Waals surface area (Å²) in [6.07, 6.45) is 0. The standard InChI is InChI=1S/C19H16F2N4O/c1-11-6-3-4-9-15(11)24-17-10-16(22-12(2)23-17)19(26)25-18-13(20)7-5-8-14(18)21/h3-10H,1-2H3,(H,25,26)(H,22,23,24). The third-order valence-corrected chi connectivity index (χ3v) is 3.68. The Morgan fingerprint density at radius 1 is 0.962 bits per heavy atom. The van der Waals surface area contributed by atoms with E-state index in [1.807, 2.05) is 31.2 Å². The number of nitrogens with one attached hydrogen (secondary N) is 2. The normalized spacial score (nSPS) is 10.5. The van der Waals surface area contributed by atoms with Crippen LogP contribution in [0, 0.1) is 25.5 Å². The van der Waals surface area contributed by atoms with Crippen LogP contribution < -0.4 is 10.6 Å². The fraction of sp³-hybridized carbons (Fsp3) is 0.105. The van der Waals surface area contributed by atoms with Gasteiger partial charge < -0.3 is 10.6 Å². The first-order valence-electron chi connectivity index (χ1n) is 7.88. The van der Waals surface area contributed by atoms with Crippen LogP contribution >= 0.6 is 0 Å². The average Bonchev–Trinajstić information content (AvgIpc) is 2.59. The Balaban J connectivity index is 1.87. The summed E-state index contributed by atoms with van der Waals surface area (Å²) in [6.45, 7) is 3.56. The van der Waals surface area contributed by atoms with Gasteiger partial charge in [0, 0.05) is 11.8 Å². The van der Waals surface area contributed by atoms with Crippen LogP contribution in [-0.4, -0.2) is 15.9 Å². The molecule has 0 aliphatic heterocycles. The van der Waals surface area contributed by atoms with Crippen LogP contribution in [0.5, 0.6) is 0 Å². The zero-order chi connectivity index (χ0) is 18.7. The van der Waals surface area contributed by atoms with E-state index in [0.29, 0.717) is 11.6 Å². The summed E-state index contributed by atoms with van der Waals surface area (Å²) in [5.41, 5.74) is 1.32. The molecule has 0 atom stereocenters. The number of para-hydroxylation sites is 2. The van der Waals surface area contributed by atoms with Gasteiger partial charge in [-0.2, -0.15) is 0 Å². The molecule has 0 unspecified atom stereocenters. The van der Waals surface area contributed by atoms with Crippen molar-refractivity contribution in [2.45, 2.75) is 13.8 Å². The topological polar surface area (TPSA) is 66.9 Å². The molecule has 0 aliphatic carbocycles. The highest BCUT2D eigenvalue weighted by molar-refractivity contribution is 6.03. The lowest BCUT2D eigenvalue weighted by molar-refractivity contribution is 0.102. The van der Waals surface area contributed by atoms with Crippen LogP contribution in [0.25, 0.3) is 0 Å². The molecule has 3 aromatic rings. The minimum atomic E-state index is -0.859. The third kappa shape index (κ3) is 3.83. The number of halogens is 2. The molecule has 0 saturated heterocycles. The second kappa shape index (κ2) is 7.26. The van der Waals surface area contributed by atoms with Crippen LogP contribution in [0.3, 0.4) is 0 Å². The van der Waals surface area contributed by atoms with E-state index >= 15 is 0 Å². The van der Waals surface area contributed by atoms with Gasteiger partial charge >= 0.3 is 0 Å². The third-order valence-electron chi connectivity index (χ3n) is 3.68. The van der Waals surface area contributed by atoms with Crippen molar-refractivity contribution < 1.29 is 13.6 Å². The van der Waals surface area contributed by atoms with Gasteiger partial charge in [0.05, 0.1) is 0 Å². The number of carbonyl (C=O) groups is 1. The van der Waals surface area contributed by atoms with Crippen molar-refractivity contribution in [3.8, 4) is 0 Å². The molecular formula is C19H16F2N4O. The fourth-order valence-electron chi connectivity index (χ4n) is 2.39. The number of nitrogens with zero attached hydrogens (tertiary/aromatic N) is 2. The lowest BCUT2D eigenvalue weighted by atomic mass is 10.2. The first-order valence-corrected chi connectivity index (χ1v) is 7.88. The number of anilines is 3. The molecule has 26 heavy (non-hydrogen) atoms. The summed E-state index contributed by atoms with van der Waals surface area (Å²) in [6, 6.07) is 12.4. The van der Waals surface area contributed by atoms with Gasteiger partial charge in [-0.05, 0) is 37.6 Å². The molecular weight excluding hydrogens is 338 g/mol. The molecule has 0 fully saturated rings. The Kier molecular flexibility index (Phi) is 4.88. The maximum Gasteiger partial charge on any atom is 0.274 e. The minimum absolute atomic E-state index is 0.00348. The number of amides is 1. The molecule has 1 heterocycles. The summed E-state index contributed by atoms with van der Waals surface area (Å²) in [5, 5.41) is 5.33. The van der Waals surface area contributed by atoms with E-state index in [9.17, 15) is 13.6 Å². The number of aryl methyl sites for hydroxylation is 2. The summed E-state index contributed by atoms with van der Waals surface area (Å²) >= 11 is 0. The van der Waals surface area contributed by atoms with E-state index in [0.717, 1.165) is 23.4 Å². The smallest absolute Gasteiger partial charge is 0.274 e. The van der Waals surface area contributed by atoms with Gasteiger partial charge in [-0.25, -0.2) is 18.7 Å². The van der Waals surface area contributed by atoms with E-state index in [-0.39, 0.29) is 5.69 Å². The number of hydrogen-bond donors (Lipinski definition) is 2. The van der Waals surface area contributed by atoms with Crippen LogP contribution in [-0.2, 0) is 0 Å². The van der Waals surface area contributed by atoms with Gasteiger partial charge in [0.25, 0.3) is 5.91 Å². The number of aromatic nitrogens is 2. The second-order valence-electron chi connectivity index (χ2n) is 5.68. The molecule has 7 heteroatoms. The Bertz CT molecular complexity index is 955. The lowest BCUT2D eigenvalue weighted by Crippen LogP contribution is -2.17. The molecule has 2 aromatic carbocycles. The first kappa shape index (κ1) is 17.5. The summed E-state index contributed by atoms with van der Waals surface area (Å²) in [5.74, 6) is -1.69. The fourth-order valence-corrected chi connectivity index (χ4v) is 2.39. The highest BCUT2D eigenvalue weighted by Crippen LogP contribution is 2.21. The molecule has 1 amide bonds. The minimum Gasteiger partial charge on any atom is -0.340 e. The van der Waals surface area contributed by atoms with Crippen molar-refractivity contribution in [1.82, 2.24) is 9.97 Å². The molecule has 132 valence electrons. The van der Waals surface area contributed by atoms with Gasteiger partial charge in [-0.3, -0.25) is 4.79 Å². The molecule has 0 saturated carbocycles. The van der Waals surface area contributed by atoms with E-state index in [4.69, 9.17) is 0 Å². The Labute approximate surface area is 149 Å². The van der Waals surface area contributed by atoms with Crippen molar-refractivity contribution in [2.24, 2.45) is 0 Å². The Hall–Kier alpha value is -3.35. The van der Waals surface area contributed by atoms with Crippen LogP contribution in [0.15, 0.2) is 48.5 Å². The van der Waals surface area contributed by atoms with Crippen molar-refractivity contribution in [2.75, 3.05) is 10.6 Å². The monoisotopic (exact) mass is 354 g/mol. The molecule has 5 nitrogen and oxygen atoms in total. The number of rotatable bonds is 4. The zero-order valence-electron chi connectivity index (χ0n) is 14.2. The van der Waals surface area contributed by atoms with Gasteiger partial charge in [-0.15, -0.1) is 0 Å². The Morgan fingerprint density at radius 2 is 1.65 bits per heavy atom. The van der Waals surface area contributed by atoms with Gasteiger partial charge in [0.15, 0.2) is 0 Å². The molecule has 0 bridgehead atoms. The van der Waals surface area contributed by atoms with Gasteiger partial charge in [-0.1, -0.05) is 24.3 Å². The average molecular weight is 354 g/mol. The molecule has 3 rings (SSSR count). The van der Waals surface area contributed by atoms with Crippen molar-refractivity contribution >= 4 is 23.1 Å². The summed E-state index contributed by atoms with van der Waals surface area (Å²) in [7, 11) is 0. The SMILES string of the molecule is Cc1nc(Nc2ccccc2C)cc(C(=O)Nc2c(F)cccc2F)n1. The maximum absolute atomic E-state index is 13.7. The van der Waals surface area contributed by atoms with Crippen LogP contribution in [0.1, 0.15) is 21.9 Å². The molecule has 0 aliphatic rings. The van der Waals surface area contributed by atoms with E-state index < -0.39 is 23.2 Å². The van der Waals surface area contributed by atoms with Crippen molar-refractivity contribution in [3.63, 3.8) is 0 Å². The largest absolute Gasteiger partial charge is 0.340 e. The predicted octanol–water partition coefficient (Wildman–Crippen LogP) is 4.37. The highest BCUT2D eigenvalue weighted by Gasteiger charge is 2.16. The molecule has 0 spiro atoms. The van der Waals surface area contributed by atoms with Crippen LogP contribution in [0.4, 0.5) is 26.0 Å². The predicted molar refractivity (Wildman–Crippen MR) is 95.5 cm³/mol. The second-order valence-corrected chi connectivity index (χ2v) is 5.68. The summed E-state index contributed by atoms with van der Waals surface area (Å²) < 4.78 is 27.4. The number of carbonyl (C=O) groups excluding carboxylic acids is 1. The molecule has 2 N–H and O–H groups in total. The quantitative estimate of drug-likeness (QED) is 0.730. The van der Waals surface area contributed by atoms with E-state index in [1.54, 1.807) is 6.92 Å². The van der Waals surface area contributed by atoms with E-state index in [1.165, 1.54) is 12.1 Å². The molecule has 1 aromatic heterocycles. The lowest BCUT2D eigenvalue weighted by Gasteiger charge is -2.11. The number of hydrogen-bond acceptors (Lipinski definition) is 4. The van der Waals surface area contributed by atoms with Crippen LogP contribution in [0.2, 0.25) is 0 Å². The first-order chi connectivity index (χ1) is 12.4. The Morgan fingerprint density at radius 3 is 2.35 bits per heavy atom. The van der Waals surface area contributed by atoms with Crippen molar-refractivity contribution in [3.05, 3.63) is 77.2 Å². The number of benzene rings is 2. The van der Waals surface area contributed by atoms with Gasteiger partial charge in [0.2, 0.25) is 0 Å². The van der Waals surface area contributed by atoms with Crippen molar-refractivity contribution in [1.29, 1.82) is 0 Å². The summed E-state index contributed by atoms with van der Waals surface area (Å²) in [4.78, 5) is 20.7. The maximum atomic E-state index is 13.7. The highest BCUT2D eigenvalue weighted by atomic mass is 19.1. The zero-order valence-corrected chi connectivity index (χ0v) is 14.2. The van der Waals surface area contributed by atoms with E-state index in [2.05, 4.69) is 20.6 Å². The van der Waals surface area contributed by atoms with Gasteiger partial charge in [0.1, 0.15) is 34.7 Å².